The Kier molecular flexibility index (Phi) is 3.27. The first-order chi connectivity index (χ1) is 6.86. The molecule has 0 atom stereocenters. The molecule has 1 aliphatic carbocycles. The van der Waals surface area contributed by atoms with Crippen molar-refractivity contribution in [2.24, 2.45) is 5.92 Å². The van der Waals surface area contributed by atoms with Crippen LogP contribution in [0.5, 0.6) is 0 Å². The summed E-state index contributed by atoms with van der Waals surface area (Å²) in [5.41, 5.74) is 0. The topological polar surface area (TPSA) is 29.5 Å². The fourth-order valence-electron chi connectivity index (χ4n) is 2.02. The highest BCUT2D eigenvalue weighted by atomic mass is 16.6. The normalized spacial score (nSPS) is 23.0. The molecular weight excluding hydrogens is 178 g/mol. The van der Waals surface area contributed by atoms with Crippen molar-refractivity contribution >= 4 is 6.09 Å². The van der Waals surface area contributed by atoms with Gasteiger partial charge in [-0.3, -0.25) is 0 Å². The van der Waals surface area contributed by atoms with Crippen molar-refractivity contribution in [3.05, 3.63) is 0 Å². The molecule has 1 heterocycles. The van der Waals surface area contributed by atoms with Gasteiger partial charge >= 0.3 is 6.09 Å². The summed E-state index contributed by atoms with van der Waals surface area (Å²) in [5, 5.41) is 0. The van der Waals surface area contributed by atoms with Crippen LogP contribution in [0.15, 0.2) is 0 Å². The van der Waals surface area contributed by atoms with Crippen molar-refractivity contribution in [1.29, 1.82) is 0 Å². The van der Waals surface area contributed by atoms with Crippen LogP contribution in [0.2, 0.25) is 0 Å². The third kappa shape index (κ3) is 2.40. The Hall–Kier alpha value is -0.730. The Morgan fingerprint density at radius 2 is 1.86 bits per heavy atom. The molecule has 1 aliphatic heterocycles. The molecule has 2 aliphatic rings. The summed E-state index contributed by atoms with van der Waals surface area (Å²) in [5.74, 6) is 0.656. The standard InChI is InChI=1S/C11H19NO2/c13-11(12-7-2-1-3-8-12)14-9-10-5-4-6-10/h10H,1-9H2. The SMILES string of the molecule is O=C(OCC1CCC1)N1CCCCC1. The third-order valence-corrected chi connectivity index (χ3v) is 3.28. The van der Waals surface area contributed by atoms with E-state index < -0.39 is 0 Å². The number of piperidine rings is 1. The molecule has 0 spiro atoms. The van der Waals surface area contributed by atoms with E-state index in [1.165, 1.54) is 25.7 Å². The van der Waals surface area contributed by atoms with Gasteiger partial charge < -0.3 is 9.64 Å². The van der Waals surface area contributed by atoms with Crippen LogP contribution in [0, 0.1) is 5.92 Å². The molecule has 3 nitrogen and oxygen atoms in total. The lowest BCUT2D eigenvalue weighted by Gasteiger charge is -2.29. The van der Waals surface area contributed by atoms with Crippen LogP contribution in [0.3, 0.4) is 0 Å². The molecule has 14 heavy (non-hydrogen) atoms. The monoisotopic (exact) mass is 197 g/mol. The predicted molar refractivity (Wildman–Crippen MR) is 54.1 cm³/mol. The van der Waals surface area contributed by atoms with Crippen LogP contribution in [-0.4, -0.2) is 30.7 Å². The Morgan fingerprint density at radius 1 is 1.14 bits per heavy atom. The minimum Gasteiger partial charge on any atom is -0.449 e. The van der Waals surface area contributed by atoms with Crippen molar-refractivity contribution < 1.29 is 9.53 Å². The number of amides is 1. The highest BCUT2D eigenvalue weighted by molar-refractivity contribution is 5.67. The maximum Gasteiger partial charge on any atom is 0.409 e. The van der Waals surface area contributed by atoms with Gasteiger partial charge in [0.1, 0.15) is 0 Å². The molecule has 0 radical (unpaired) electrons. The molecule has 0 unspecified atom stereocenters. The van der Waals surface area contributed by atoms with Gasteiger partial charge in [-0.2, -0.15) is 0 Å². The minimum absolute atomic E-state index is 0.0865. The van der Waals surface area contributed by atoms with Gasteiger partial charge in [0.2, 0.25) is 0 Å². The summed E-state index contributed by atoms with van der Waals surface area (Å²) in [6.07, 6.45) is 7.24. The van der Waals surface area contributed by atoms with E-state index in [1.807, 2.05) is 4.90 Å². The van der Waals surface area contributed by atoms with Crippen LogP contribution in [0.4, 0.5) is 4.79 Å². The molecule has 0 aromatic rings. The maximum absolute atomic E-state index is 11.5. The van der Waals surface area contributed by atoms with Crippen molar-refractivity contribution in [2.75, 3.05) is 19.7 Å². The number of hydrogen-bond acceptors (Lipinski definition) is 2. The third-order valence-electron chi connectivity index (χ3n) is 3.28. The second kappa shape index (κ2) is 4.67. The number of carbonyl (C=O) groups is 1. The largest absolute Gasteiger partial charge is 0.449 e. The number of nitrogens with zero attached hydrogens (tertiary/aromatic N) is 1. The van der Waals surface area contributed by atoms with Crippen molar-refractivity contribution in [3.8, 4) is 0 Å². The number of hydrogen-bond donors (Lipinski definition) is 0. The fraction of sp³-hybridized carbons (Fsp3) is 0.909. The molecule has 0 bridgehead atoms. The van der Waals surface area contributed by atoms with E-state index in [0.717, 1.165) is 25.9 Å². The van der Waals surface area contributed by atoms with Gasteiger partial charge in [0.15, 0.2) is 0 Å². The van der Waals surface area contributed by atoms with Crippen LogP contribution < -0.4 is 0 Å². The van der Waals surface area contributed by atoms with Gasteiger partial charge in [0.25, 0.3) is 0 Å². The number of ether oxygens (including phenoxy) is 1. The molecule has 80 valence electrons. The first kappa shape index (κ1) is 9.81. The molecule has 3 heteroatoms. The zero-order valence-electron chi connectivity index (χ0n) is 8.71. The Labute approximate surface area is 85.4 Å². The number of likely N-dealkylation sites (tertiary alicyclic amines) is 1. The Morgan fingerprint density at radius 3 is 2.43 bits per heavy atom. The van der Waals surface area contributed by atoms with Gasteiger partial charge in [0.05, 0.1) is 6.61 Å². The van der Waals surface area contributed by atoms with Gasteiger partial charge in [-0.05, 0) is 38.0 Å². The molecule has 2 fully saturated rings. The molecule has 1 saturated carbocycles. The average Bonchev–Trinajstić information content (AvgIpc) is 2.16. The summed E-state index contributed by atoms with van der Waals surface area (Å²) in [6, 6.07) is 0. The zero-order chi connectivity index (χ0) is 9.80. The average molecular weight is 197 g/mol. The first-order valence-electron chi connectivity index (χ1n) is 5.78. The van der Waals surface area contributed by atoms with Gasteiger partial charge in [-0.25, -0.2) is 4.79 Å². The lowest BCUT2D eigenvalue weighted by atomic mass is 9.86. The lowest BCUT2D eigenvalue weighted by Crippen LogP contribution is -2.37. The van der Waals surface area contributed by atoms with Gasteiger partial charge in [0, 0.05) is 13.1 Å². The summed E-state index contributed by atoms with van der Waals surface area (Å²) < 4.78 is 5.27. The number of carbonyl (C=O) groups excluding carboxylic acids is 1. The van der Waals surface area contributed by atoms with Crippen molar-refractivity contribution in [3.63, 3.8) is 0 Å². The summed E-state index contributed by atoms with van der Waals surface area (Å²) in [7, 11) is 0. The summed E-state index contributed by atoms with van der Waals surface area (Å²) >= 11 is 0. The van der Waals surface area contributed by atoms with E-state index in [9.17, 15) is 4.79 Å². The molecule has 1 saturated heterocycles. The second-order valence-corrected chi connectivity index (χ2v) is 4.42. The van der Waals surface area contributed by atoms with Crippen LogP contribution in [-0.2, 0) is 4.74 Å². The van der Waals surface area contributed by atoms with E-state index in [4.69, 9.17) is 4.74 Å². The molecular formula is C11H19NO2. The molecule has 0 aromatic heterocycles. The fourth-order valence-corrected chi connectivity index (χ4v) is 2.02. The van der Waals surface area contributed by atoms with Crippen molar-refractivity contribution in [1.82, 2.24) is 4.90 Å². The minimum atomic E-state index is -0.0865. The van der Waals surface area contributed by atoms with E-state index in [1.54, 1.807) is 0 Å². The molecule has 0 N–H and O–H groups in total. The van der Waals surface area contributed by atoms with Crippen LogP contribution in [0.25, 0.3) is 0 Å². The first-order valence-corrected chi connectivity index (χ1v) is 5.78. The molecule has 2 rings (SSSR count). The summed E-state index contributed by atoms with van der Waals surface area (Å²) in [4.78, 5) is 13.4. The van der Waals surface area contributed by atoms with E-state index in [-0.39, 0.29) is 6.09 Å². The Balaban J connectivity index is 1.65. The zero-order valence-corrected chi connectivity index (χ0v) is 8.71. The summed E-state index contributed by atoms with van der Waals surface area (Å²) in [6.45, 7) is 2.43. The highest BCUT2D eigenvalue weighted by Gasteiger charge is 2.22. The smallest absolute Gasteiger partial charge is 0.409 e. The van der Waals surface area contributed by atoms with Gasteiger partial charge in [-0.15, -0.1) is 0 Å². The highest BCUT2D eigenvalue weighted by Crippen LogP contribution is 2.26. The quantitative estimate of drug-likeness (QED) is 0.680. The van der Waals surface area contributed by atoms with E-state index >= 15 is 0 Å². The van der Waals surface area contributed by atoms with E-state index in [0.29, 0.717) is 12.5 Å². The molecule has 0 aromatic carbocycles. The number of rotatable bonds is 2. The molecule has 1 amide bonds. The maximum atomic E-state index is 11.5. The lowest BCUT2D eigenvalue weighted by molar-refractivity contribution is 0.0670. The second-order valence-electron chi connectivity index (χ2n) is 4.42. The van der Waals surface area contributed by atoms with Crippen LogP contribution >= 0.6 is 0 Å². The van der Waals surface area contributed by atoms with Crippen LogP contribution in [0.1, 0.15) is 38.5 Å². The predicted octanol–water partition coefficient (Wildman–Crippen LogP) is 2.41. The van der Waals surface area contributed by atoms with E-state index in [2.05, 4.69) is 0 Å². The Bertz CT molecular complexity index is 195. The van der Waals surface area contributed by atoms with Crippen molar-refractivity contribution in [2.45, 2.75) is 38.5 Å². The van der Waals surface area contributed by atoms with Gasteiger partial charge in [-0.1, -0.05) is 6.42 Å².